The third kappa shape index (κ3) is 1.62. The number of rotatable bonds is 1. The predicted molar refractivity (Wildman–Crippen MR) is 61.1 cm³/mol. The molecule has 0 bridgehead atoms. The van der Waals surface area contributed by atoms with Gasteiger partial charge in [0.1, 0.15) is 11.6 Å². The minimum atomic E-state index is -0.711. The van der Waals surface area contributed by atoms with Gasteiger partial charge in [0.15, 0.2) is 16.6 Å². The monoisotopic (exact) mass is 266 g/mol. The van der Waals surface area contributed by atoms with Gasteiger partial charge in [-0.25, -0.2) is 13.8 Å². The molecule has 18 heavy (non-hydrogen) atoms. The fraction of sp³-hybridized carbons (Fsp3) is 0. The second-order valence-electron chi connectivity index (χ2n) is 3.56. The van der Waals surface area contributed by atoms with Crippen LogP contribution in [0.15, 0.2) is 30.6 Å². The summed E-state index contributed by atoms with van der Waals surface area (Å²) in [5.74, 6) is -1.12. The van der Waals surface area contributed by atoms with Gasteiger partial charge in [-0.05, 0) is 12.1 Å². The molecule has 7 heteroatoms. The summed E-state index contributed by atoms with van der Waals surface area (Å²) in [5, 5.41) is 7.82. The summed E-state index contributed by atoms with van der Waals surface area (Å²) in [7, 11) is 0. The lowest BCUT2D eigenvalue weighted by atomic mass is 10.2. The Morgan fingerprint density at radius 3 is 2.78 bits per heavy atom. The van der Waals surface area contributed by atoms with Gasteiger partial charge in [0.05, 0.1) is 5.56 Å². The van der Waals surface area contributed by atoms with Crippen molar-refractivity contribution in [3.05, 3.63) is 47.4 Å². The molecular formula is C11H5ClF2N4. The zero-order valence-electron chi connectivity index (χ0n) is 8.81. The lowest BCUT2D eigenvalue weighted by Crippen LogP contribution is -1.94. The molecule has 0 radical (unpaired) electrons. The Morgan fingerprint density at radius 2 is 2.00 bits per heavy atom. The van der Waals surface area contributed by atoms with Gasteiger partial charge in [-0.2, -0.15) is 0 Å². The number of nitrogens with zero attached hydrogens (tertiary/aromatic N) is 4. The van der Waals surface area contributed by atoms with Gasteiger partial charge in [-0.1, -0.05) is 11.6 Å². The summed E-state index contributed by atoms with van der Waals surface area (Å²) in [6, 6.07) is 3.25. The fourth-order valence-corrected chi connectivity index (χ4v) is 1.84. The maximum atomic E-state index is 13.7. The van der Waals surface area contributed by atoms with E-state index in [9.17, 15) is 8.78 Å². The van der Waals surface area contributed by atoms with Crippen molar-refractivity contribution in [2.45, 2.75) is 0 Å². The van der Waals surface area contributed by atoms with E-state index in [0.717, 1.165) is 12.1 Å². The third-order valence-corrected chi connectivity index (χ3v) is 2.72. The fourth-order valence-electron chi connectivity index (χ4n) is 1.65. The Labute approximate surface area is 105 Å². The largest absolute Gasteiger partial charge is 0.278 e. The van der Waals surface area contributed by atoms with Crippen molar-refractivity contribution in [3.8, 4) is 11.4 Å². The average molecular weight is 267 g/mol. The second kappa shape index (κ2) is 3.99. The zero-order chi connectivity index (χ0) is 12.7. The SMILES string of the molecule is Fc1ccc(-c2nnc3c(Cl)nccn23)c(F)c1. The van der Waals surface area contributed by atoms with Gasteiger partial charge in [-0.15, -0.1) is 10.2 Å². The van der Waals surface area contributed by atoms with E-state index in [1.165, 1.54) is 16.7 Å². The Hall–Kier alpha value is -2.08. The van der Waals surface area contributed by atoms with E-state index in [1.807, 2.05) is 0 Å². The summed E-state index contributed by atoms with van der Waals surface area (Å²) < 4.78 is 28.0. The third-order valence-electron chi connectivity index (χ3n) is 2.46. The molecule has 3 rings (SSSR count). The number of hydrogen-bond donors (Lipinski definition) is 0. The molecule has 0 aliphatic carbocycles. The molecule has 0 fully saturated rings. The Balaban J connectivity index is 2.29. The number of fused-ring (bicyclic) bond motifs is 1. The standard InChI is InChI=1S/C11H5ClF2N4/c12-9-11-17-16-10(18(11)4-3-15-9)7-2-1-6(13)5-8(7)14/h1-5H. The Bertz CT molecular complexity index is 741. The zero-order valence-corrected chi connectivity index (χ0v) is 9.57. The molecule has 90 valence electrons. The lowest BCUT2D eigenvalue weighted by Gasteiger charge is -2.01. The maximum Gasteiger partial charge on any atom is 0.198 e. The van der Waals surface area contributed by atoms with Gasteiger partial charge in [0.25, 0.3) is 0 Å². The number of halogens is 3. The van der Waals surface area contributed by atoms with Gasteiger partial charge in [0.2, 0.25) is 0 Å². The van der Waals surface area contributed by atoms with Crippen LogP contribution in [0.3, 0.4) is 0 Å². The summed E-state index contributed by atoms with van der Waals surface area (Å²) in [4.78, 5) is 3.84. The van der Waals surface area contributed by atoms with Crippen LogP contribution in [0.4, 0.5) is 8.78 Å². The molecule has 1 aromatic carbocycles. The molecule has 0 saturated carbocycles. The summed E-state index contributed by atoms with van der Waals surface area (Å²) in [5.41, 5.74) is 0.462. The summed E-state index contributed by atoms with van der Waals surface area (Å²) >= 11 is 5.83. The molecule has 0 aliphatic rings. The van der Waals surface area contributed by atoms with Crippen molar-refractivity contribution in [1.82, 2.24) is 19.6 Å². The van der Waals surface area contributed by atoms with E-state index >= 15 is 0 Å². The van der Waals surface area contributed by atoms with Crippen molar-refractivity contribution in [1.29, 1.82) is 0 Å². The first-order valence-corrected chi connectivity index (χ1v) is 5.35. The molecule has 3 aromatic rings. The number of benzene rings is 1. The van der Waals surface area contributed by atoms with Crippen molar-refractivity contribution < 1.29 is 8.78 Å². The minimum absolute atomic E-state index is 0.145. The van der Waals surface area contributed by atoms with Gasteiger partial charge in [-0.3, -0.25) is 4.40 Å². The van der Waals surface area contributed by atoms with E-state index in [-0.39, 0.29) is 16.5 Å². The van der Waals surface area contributed by atoms with Crippen LogP contribution < -0.4 is 0 Å². The summed E-state index contributed by atoms with van der Waals surface area (Å²) in [6.45, 7) is 0. The van der Waals surface area contributed by atoms with E-state index in [0.29, 0.717) is 5.65 Å². The molecule has 0 spiro atoms. The minimum Gasteiger partial charge on any atom is -0.278 e. The first kappa shape index (κ1) is 11.0. The average Bonchev–Trinajstić information content (AvgIpc) is 2.74. The quantitative estimate of drug-likeness (QED) is 0.680. The van der Waals surface area contributed by atoms with Crippen LogP contribution in [0.25, 0.3) is 17.0 Å². The topological polar surface area (TPSA) is 43.1 Å². The highest BCUT2D eigenvalue weighted by Crippen LogP contribution is 2.23. The van der Waals surface area contributed by atoms with Crippen LogP contribution >= 0.6 is 11.6 Å². The van der Waals surface area contributed by atoms with Crippen LogP contribution in [0, 0.1) is 11.6 Å². The number of aromatic nitrogens is 4. The van der Waals surface area contributed by atoms with Crippen molar-refractivity contribution in [2.75, 3.05) is 0 Å². The number of hydrogen-bond acceptors (Lipinski definition) is 3. The van der Waals surface area contributed by atoms with Crippen molar-refractivity contribution in [3.63, 3.8) is 0 Å². The highest BCUT2D eigenvalue weighted by molar-refractivity contribution is 6.32. The first-order chi connectivity index (χ1) is 8.66. The van der Waals surface area contributed by atoms with Gasteiger partial charge in [0, 0.05) is 18.5 Å². The Kier molecular flexibility index (Phi) is 2.45. The highest BCUT2D eigenvalue weighted by Gasteiger charge is 2.14. The summed E-state index contributed by atoms with van der Waals surface area (Å²) in [6.07, 6.45) is 3.00. The van der Waals surface area contributed by atoms with E-state index in [4.69, 9.17) is 11.6 Å². The van der Waals surface area contributed by atoms with Gasteiger partial charge >= 0.3 is 0 Å². The van der Waals surface area contributed by atoms with Gasteiger partial charge < -0.3 is 0 Å². The van der Waals surface area contributed by atoms with Crippen LogP contribution in [0.5, 0.6) is 0 Å². The van der Waals surface area contributed by atoms with Crippen LogP contribution in [-0.2, 0) is 0 Å². The molecule has 2 heterocycles. The van der Waals surface area contributed by atoms with Crippen molar-refractivity contribution >= 4 is 17.2 Å². The molecule has 0 amide bonds. The van der Waals surface area contributed by atoms with E-state index < -0.39 is 11.6 Å². The second-order valence-corrected chi connectivity index (χ2v) is 3.92. The highest BCUT2D eigenvalue weighted by atomic mass is 35.5. The lowest BCUT2D eigenvalue weighted by molar-refractivity contribution is 0.584. The molecule has 0 N–H and O–H groups in total. The predicted octanol–water partition coefficient (Wildman–Crippen LogP) is 2.72. The molecule has 0 aliphatic heterocycles. The molecular weight excluding hydrogens is 262 g/mol. The van der Waals surface area contributed by atoms with E-state index in [2.05, 4.69) is 15.2 Å². The van der Waals surface area contributed by atoms with Crippen LogP contribution in [-0.4, -0.2) is 19.6 Å². The molecule has 0 atom stereocenters. The first-order valence-electron chi connectivity index (χ1n) is 4.97. The molecule has 0 saturated heterocycles. The Morgan fingerprint density at radius 1 is 1.17 bits per heavy atom. The normalized spacial score (nSPS) is 11.1. The maximum absolute atomic E-state index is 13.7. The molecule has 2 aromatic heterocycles. The van der Waals surface area contributed by atoms with Crippen molar-refractivity contribution in [2.24, 2.45) is 0 Å². The smallest absolute Gasteiger partial charge is 0.198 e. The van der Waals surface area contributed by atoms with Crippen LogP contribution in [0.2, 0.25) is 5.15 Å². The van der Waals surface area contributed by atoms with Crippen LogP contribution in [0.1, 0.15) is 0 Å². The molecule has 0 unspecified atom stereocenters. The molecule has 4 nitrogen and oxygen atoms in total. The van der Waals surface area contributed by atoms with E-state index in [1.54, 1.807) is 6.20 Å².